The van der Waals surface area contributed by atoms with Crippen LogP contribution in [0.5, 0.6) is 0 Å². The Morgan fingerprint density at radius 1 is 1.14 bits per heavy atom. The van der Waals surface area contributed by atoms with Gasteiger partial charge in [0.2, 0.25) is 5.89 Å². The Morgan fingerprint density at radius 3 is 2.68 bits per heavy atom. The molecule has 2 heterocycles. The first kappa shape index (κ1) is 14.9. The van der Waals surface area contributed by atoms with Gasteiger partial charge >= 0.3 is 0 Å². The smallest absolute Gasteiger partial charge is 0.240 e. The summed E-state index contributed by atoms with van der Waals surface area (Å²) in [7, 11) is 2.02. The topological polar surface area (TPSA) is 55.1 Å². The molecule has 0 N–H and O–H groups in total. The van der Waals surface area contributed by atoms with Crippen molar-refractivity contribution >= 4 is 11.3 Å². The van der Waals surface area contributed by atoms with Crippen LogP contribution in [-0.4, -0.2) is 27.1 Å². The second-order valence-corrected chi connectivity index (χ2v) is 6.36. The van der Waals surface area contributed by atoms with Crippen LogP contribution in [0.3, 0.4) is 0 Å². The van der Waals surface area contributed by atoms with E-state index < -0.39 is 0 Å². The molecule has 0 aliphatic carbocycles. The first-order valence-electron chi connectivity index (χ1n) is 7.14. The summed E-state index contributed by atoms with van der Waals surface area (Å²) in [4.78, 5) is 11.0. The maximum Gasteiger partial charge on any atom is 0.240 e. The number of hydrogen-bond donors (Lipinski definition) is 0. The highest BCUT2D eigenvalue weighted by Crippen LogP contribution is 2.12. The summed E-state index contributed by atoms with van der Waals surface area (Å²) in [5.74, 6) is 1.36. The van der Waals surface area contributed by atoms with E-state index in [4.69, 9.17) is 4.52 Å². The number of hydrogen-bond acceptors (Lipinski definition) is 6. The van der Waals surface area contributed by atoms with E-state index in [1.54, 1.807) is 11.3 Å². The second-order valence-electron chi connectivity index (χ2n) is 5.30. The van der Waals surface area contributed by atoms with Gasteiger partial charge in [-0.1, -0.05) is 35.5 Å². The fraction of sp³-hybridized carbons (Fsp3) is 0.312. The van der Waals surface area contributed by atoms with E-state index in [0.29, 0.717) is 18.9 Å². The van der Waals surface area contributed by atoms with Crippen molar-refractivity contribution in [1.82, 2.24) is 20.0 Å². The highest BCUT2D eigenvalue weighted by Gasteiger charge is 2.11. The molecule has 0 saturated carbocycles. The van der Waals surface area contributed by atoms with Crippen LogP contribution < -0.4 is 0 Å². The molecule has 0 fully saturated rings. The van der Waals surface area contributed by atoms with Gasteiger partial charge in [-0.15, -0.1) is 11.3 Å². The summed E-state index contributed by atoms with van der Waals surface area (Å²) in [6, 6.07) is 10.2. The zero-order valence-corrected chi connectivity index (χ0v) is 13.5. The van der Waals surface area contributed by atoms with Crippen molar-refractivity contribution in [1.29, 1.82) is 0 Å². The van der Waals surface area contributed by atoms with Crippen molar-refractivity contribution in [3.05, 3.63) is 63.7 Å². The lowest BCUT2D eigenvalue weighted by molar-refractivity contribution is 0.258. The molecule has 114 valence electrons. The molecule has 0 saturated heterocycles. The Kier molecular flexibility index (Phi) is 4.60. The number of nitrogens with zero attached hydrogens (tertiary/aromatic N) is 4. The SMILES string of the molecule is Cc1nc(CN(C)Cc2nc(Cc3ccccc3)no2)cs1. The Morgan fingerprint density at radius 2 is 1.95 bits per heavy atom. The van der Waals surface area contributed by atoms with E-state index >= 15 is 0 Å². The zero-order valence-electron chi connectivity index (χ0n) is 12.7. The van der Waals surface area contributed by atoms with E-state index in [2.05, 4.69) is 37.5 Å². The molecule has 0 atom stereocenters. The van der Waals surface area contributed by atoms with Crippen molar-refractivity contribution in [2.75, 3.05) is 7.05 Å². The Labute approximate surface area is 133 Å². The fourth-order valence-corrected chi connectivity index (χ4v) is 2.85. The van der Waals surface area contributed by atoms with E-state index in [9.17, 15) is 0 Å². The van der Waals surface area contributed by atoms with Crippen molar-refractivity contribution in [3.63, 3.8) is 0 Å². The molecule has 0 bridgehead atoms. The van der Waals surface area contributed by atoms with Gasteiger partial charge in [-0.25, -0.2) is 4.98 Å². The molecule has 22 heavy (non-hydrogen) atoms. The normalized spacial score (nSPS) is 11.2. The monoisotopic (exact) mass is 314 g/mol. The molecule has 0 aliphatic heterocycles. The van der Waals surface area contributed by atoms with Gasteiger partial charge in [0.25, 0.3) is 0 Å². The van der Waals surface area contributed by atoms with Crippen molar-refractivity contribution < 1.29 is 4.52 Å². The predicted molar refractivity (Wildman–Crippen MR) is 85.6 cm³/mol. The molecule has 5 nitrogen and oxygen atoms in total. The molecular formula is C16H18N4OS. The summed E-state index contributed by atoms with van der Waals surface area (Å²) in [6.45, 7) is 3.42. The van der Waals surface area contributed by atoms with Gasteiger partial charge in [0, 0.05) is 18.3 Å². The van der Waals surface area contributed by atoms with E-state index in [1.165, 1.54) is 5.56 Å². The maximum absolute atomic E-state index is 5.33. The predicted octanol–water partition coefficient (Wildman–Crippen LogP) is 3.06. The number of rotatable bonds is 6. The summed E-state index contributed by atoms with van der Waals surface area (Å²) >= 11 is 1.67. The van der Waals surface area contributed by atoms with Crippen LogP contribution in [0.2, 0.25) is 0 Å². The average molecular weight is 314 g/mol. The molecule has 1 aromatic carbocycles. The largest absolute Gasteiger partial charge is 0.338 e. The number of aromatic nitrogens is 3. The number of thiazole rings is 1. The minimum Gasteiger partial charge on any atom is -0.338 e. The quantitative estimate of drug-likeness (QED) is 0.700. The van der Waals surface area contributed by atoms with E-state index in [-0.39, 0.29) is 0 Å². The first-order chi connectivity index (χ1) is 10.7. The van der Waals surface area contributed by atoms with Crippen molar-refractivity contribution in [3.8, 4) is 0 Å². The lowest BCUT2D eigenvalue weighted by Crippen LogP contribution is -2.17. The molecule has 0 unspecified atom stereocenters. The minimum atomic E-state index is 0.623. The van der Waals surface area contributed by atoms with E-state index in [1.807, 2.05) is 32.2 Å². The van der Waals surface area contributed by atoms with Gasteiger partial charge in [0.1, 0.15) is 0 Å². The number of benzene rings is 1. The van der Waals surface area contributed by atoms with Crippen LogP contribution in [0.4, 0.5) is 0 Å². The van der Waals surface area contributed by atoms with Crippen LogP contribution in [0, 0.1) is 6.92 Å². The van der Waals surface area contributed by atoms with Gasteiger partial charge in [0.05, 0.1) is 17.2 Å². The van der Waals surface area contributed by atoms with Crippen LogP contribution in [0.1, 0.15) is 28.0 Å². The van der Waals surface area contributed by atoms with Crippen molar-refractivity contribution in [2.45, 2.75) is 26.4 Å². The van der Waals surface area contributed by atoms with Crippen molar-refractivity contribution in [2.24, 2.45) is 0 Å². The Balaban J connectivity index is 1.57. The summed E-state index contributed by atoms with van der Waals surface area (Å²) < 4.78 is 5.33. The summed E-state index contributed by atoms with van der Waals surface area (Å²) in [5.41, 5.74) is 2.26. The molecule has 0 spiro atoms. The Hall–Kier alpha value is -2.05. The fourth-order valence-electron chi connectivity index (χ4n) is 2.25. The van der Waals surface area contributed by atoms with Gasteiger partial charge in [0.15, 0.2) is 5.82 Å². The third-order valence-corrected chi connectivity index (χ3v) is 4.04. The molecule has 3 aromatic rings. The van der Waals surface area contributed by atoms with E-state index in [0.717, 1.165) is 23.1 Å². The van der Waals surface area contributed by atoms with Crippen LogP contribution >= 0.6 is 11.3 Å². The van der Waals surface area contributed by atoms with Gasteiger partial charge in [-0.3, -0.25) is 4.90 Å². The lowest BCUT2D eigenvalue weighted by atomic mass is 10.1. The highest BCUT2D eigenvalue weighted by atomic mass is 32.1. The van der Waals surface area contributed by atoms with Gasteiger partial charge in [-0.2, -0.15) is 4.98 Å². The molecule has 0 radical (unpaired) electrons. The first-order valence-corrected chi connectivity index (χ1v) is 8.02. The summed E-state index contributed by atoms with van der Waals surface area (Å²) in [6.07, 6.45) is 0.694. The Bertz CT molecular complexity index is 723. The zero-order chi connectivity index (χ0) is 15.4. The molecule has 3 rings (SSSR count). The molecule has 2 aromatic heterocycles. The molecule has 0 amide bonds. The minimum absolute atomic E-state index is 0.623. The van der Waals surface area contributed by atoms with Gasteiger partial charge < -0.3 is 4.52 Å². The second kappa shape index (κ2) is 6.81. The third-order valence-electron chi connectivity index (χ3n) is 3.22. The standard InChI is InChI=1S/C16H18N4OS/c1-12-17-14(11-22-12)9-20(2)10-16-18-15(19-21-16)8-13-6-4-3-5-7-13/h3-7,11H,8-10H2,1-2H3. The molecular weight excluding hydrogens is 296 g/mol. The highest BCUT2D eigenvalue weighted by molar-refractivity contribution is 7.09. The van der Waals surface area contributed by atoms with Crippen LogP contribution in [0.25, 0.3) is 0 Å². The van der Waals surface area contributed by atoms with Gasteiger partial charge in [-0.05, 0) is 19.5 Å². The maximum atomic E-state index is 5.33. The summed E-state index contributed by atoms with van der Waals surface area (Å²) in [5, 5.41) is 7.22. The lowest BCUT2D eigenvalue weighted by Gasteiger charge is -2.11. The molecule has 0 aliphatic rings. The third kappa shape index (κ3) is 3.99. The van der Waals surface area contributed by atoms with Crippen LogP contribution in [-0.2, 0) is 19.5 Å². The van der Waals surface area contributed by atoms with Crippen LogP contribution in [0.15, 0.2) is 40.2 Å². The molecule has 6 heteroatoms. The number of aryl methyl sites for hydroxylation is 1. The average Bonchev–Trinajstić information content (AvgIpc) is 3.09.